The summed E-state index contributed by atoms with van der Waals surface area (Å²) in [6.45, 7) is 3.76. The number of aromatic nitrogens is 3. The Kier molecular flexibility index (Phi) is 5.36. The van der Waals surface area contributed by atoms with E-state index in [1.807, 2.05) is 4.57 Å². The number of hydrogen-bond donors (Lipinski definition) is 0. The maximum absolute atomic E-state index is 13.0. The van der Waals surface area contributed by atoms with Crippen molar-refractivity contribution in [2.75, 3.05) is 19.6 Å². The van der Waals surface area contributed by atoms with Gasteiger partial charge >= 0.3 is 0 Å². The Hall–Kier alpha value is -2.21. The quantitative estimate of drug-likeness (QED) is 0.784. The Balaban J connectivity index is 1.31. The van der Waals surface area contributed by atoms with Crippen LogP contribution in [0.2, 0.25) is 0 Å². The van der Waals surface area contributed by atoms with Crippen LogP contribution in [-0.4, -0.2) is 62.2 Å². The van der Waals surface area contributed by atoms with E-state index in [4.69, 9.17) is 0 Å². The summed E-state index contributed by atoms with van der Waals surface area (Å²) >= 11 is 0. The third-order valence-corrected chi connectivity index (χ3v) is 7.31. The third-order valence-electron chi connectivity index (χ3n) is 7.31. The molecule has 4 atom stereocenters. The lowest BCUT2D eigenvalue weighted by Gasteiger charge is -2.57. The SMILES string of the molecule is O=C(CCn1cnnc1)N1C[C@H]2C[C@@H](C1)[C@H](Cc1ccccc1)N1CCCC[C@@H]21. The number of hydrogen-bond acceptors (Lipinski definition) is 4. The first kappa shape index (κ1) is 18.8. The topological polar surface area (TPSA) is 54.3 Å². The van der Waals surface area contributed by atoms with Gasteiger partial charge in [0.2, 0.25) is 5.91 Å². The molecule has 5 rings (SSSR count). The summed E-state index contributed by atoms with van der Waals surface area (Å²) in [6.07, 6.45) is 10.3. The summed E-state index contributed by atoms with van der Waals surface area (Å²) in [5, 5.41) is 7.67. The molecular formula is C23H31N5O. The van der Waals surface area contributed by atoms with Gasteiger partial charge in [0.1, 0.15) is 12.7 Å². The first-order chi connectivity index (χ1) is 14.3. The molecule has 3 saturated heterocycles. The van der Waals surface area contributed by atoms with E-state index in [1.54, 1.807) is 12.7 Å². The number of carbonyl (C=O) groups is 1. The van der Waals surface area contributed by atoms with Gasteiger partial charge in [-0.2, -0.15) is 0 Å². The molecule has 1 aromatic carbocycles. The fraction of sp³-hybridized carbons (Fsp3) is 0.609. The van der Waals surface area contributed by atoms with Gasteiger partial charge in [-0.1, -0.05) is 36.8 Å². The molecule has 0 radical (unpaired) electrons. The molecule has 3 aliphatic heterocycles. The monoisotopic (exact) mass is 393 g/mol. The minimum Gasteiger partial charge on any atom is -0.342 e. The predicted molar refractivity (Wildman–Crippen MR) is 111 cm³/mol. The van der Waals surface area contributed by atoms with Crippen molar-refractivity contribution in [3.8, 4) is 0 Å². The number of nitrogens with zero attached hydrogens (tertiary/aromatic N) is 5. The molecule has 3 fully saturated rings. The molecule has 0 saturated carbocycles. The van der Waals surface area contributed by atoms with Crippen LogP contribution in [0.4, 0.5) is 0 Å². The van der Waals surface area contributed by atoms with Crippen molar-refractivity contribution in [1.29, 1.82) is 0 Å². The van der Waals surface area contributed by atoms with Crippen LogP contribution in [0.5, 0.6) is 0 Å². The van der Waals surface area contributed by atoms with Gasteiger partial charge in [-0.05, 0) is 49.6 Å². The summed E-state index contributed by atoms with van der Waals surface area (Å²) in [4.78, 5) is 18.0. The number of carbonyl (C=O) groups excluding carboxylic acids is 1. The highest BCUT2D eigenvalue weighted by molar-refractivity contribution is 5.76. The van der Waals surface area contributed by atoms with Crippen LogP contribution in [0.15, 0.2) is 43.0 Å². The molecule has 2 aromatic rings. The Morgan fingerprint density at radius 1 is 1.03 bits per heavy atom. The number of likely N-dealkylation sites (tertiary alicyclic amines) is 1. The molecule has 6 nitrogen and oxygen atoms in total. The van der Waals surface area contributed by atoms with Gasteiger partial charge in [-0.25, -0.2) is 0 Å². The molecule has 1 amide bonds. The van der Waals surface area contributed by atoms with Gasteiger partial charge < -0.3 is 9.47 Å². The van der Waals surface area contributed by atoms with Gasteiger partial charge in [-0.15, -0.1) is 10.2 Å². The molecule has 29 heavy (non-hydrogen) atoms. The van der Waals surface area contributed by atoms with E-state index in [2.05, 4.69) is 50.3 Å². The van der Waals surface area contributed by atoms with Crippen LogP contribution in [0, 0.1) is 11.8 Å². The zero-order valence-electron chi connectivity index (χ0n) is 17.1. The van der Waals surface area contributed by atoms with Gasteiger partial charge in [0.15, 0.2) is 0 Å². The number of benzene rings is 1. The zero-order chi connectivity index (χ0) is 19.6. The molecular weight excluding hydrogens is 362 g/mol. The summed E-state index contributed by atoms with van der Waals surface area (Å²) in [6, 6.07) is 12.1. The van der Waals surface area contributed by atoms with E-state index < -0.39 is 0 Å². The van der Waals surface area contributed by atoms with Crippen LogP contribution in [0.25, 0.3) is 0 Å². The third kappa shape index (κ3) is 3.95. The lowest BCUT2D eigenvalue weighted by molar-refractivity contribution is -0.141. The molecule has 0 unspecified atom stereocenters. The highest BCUT2D eigenvalue weighted by Gasteiger charge is 2.47. The van der Waals surface area contributed by atoms with Crippen LogP contribution < -0.4 is 0 Å². The maximum atomic E-state index is 13.0. The summed E-state index contributed by atoms with van der Waals surface area (Å²) in [5.41, 5.74) is 1.43. The van der Waals surface area contributed by atoms with Crippen LogP contribution in [-0.2, 0) is 17.8 Å². The molecule has 4 heterocycles. The number of piperidine rings is 3. The van der Waals surface area contributed by atoms with E-state index in [9.17, 15) is 4.79 Å². The van der Waals surface area contributed by atoms with Gasteiger partial charge in [0.05, 0.1) is 0 Å². The van der Waals surface area contributed by atoms with Crippen molar-refractivity contribution in [2.24, 2.45) is 11.8 Å². The molecule has 154 valence electrons. The van der Waals surface area contributed by atoms with Gasteiger partial charge in [0, 0.05) is 38.1 Å². The van der Waals surface area contributed by atoms with Crippen molar-refractivity contribution in [3.05, 3.63) is 48.5 Å². The summed E-state index contributed by atoms with van der Waals surface area (Å²) in [5.74, 6) is 1.51. The van der Waals surface area contributed by atoms with E-state index in [0.29, 0.717) is 36.9 Å². The minimum atomic E-state index is 0.288. The summed E-state index contributed by atoms with van der Waals surface area (Å²) in [7, 11) is 0. The first-order valence-corrected chi connectivity index (χ1v) is 11.2. The van der Waals surface area contributed by atoms with Crippen molar-refractivity contribution in [2.45, 2.75) is 57.2 Å². The number of aryl methyl sites for hydroxylation is 1. The fourth-order valence-electron chi connectivity index (χ4n) is 5.97. The number of amides is 1. The lowest BCUT2D eigenvalue weighted by Crippen LogP contribution is -2.64. The molecule has 3 aliphatic rings. The van der Waals surface area contributed by atoms with Crippen molar-refractivity contribution < 1.29 is 4.79 Å². The molecule has 0 aliphatic carbocycles. The molecule has 0 spiro atoms. The smallest absolute Gasteiger partial charge is 0.224 e. The van der Waals surface area contributed by atoms with Gasteiger partial charge in [-0.3, -0.25) is 9.69 Å². The van der Waals surface area contributed by atoms with Crippen LogP contribution >= 0.6 is 0 Å². The van der Waals surface area contributed by atoms with Crippen molar-refractivity contribution >= 4 is 5.91 Å². The average molecular weight is 394 g/mol. The second-order valence-corrected chi connectivity index (χ2v) is 9.06. The van der Waals surface area contributed by atoms with Gasteiger partial charge in [0.25, 0.3) is 0 Å². The Morgan fingerprint density at radius 2 is 1.83 bits per heavy atom. The number of fused-ring (bicyclic) bond motifs is 4. The summed E-state index contributed by atoms with van der Waals surface area (Å²) < 4.78 is 1.89. The molecule has 0 N–H and O–H groups in total. The zero-order valence-corrected chi connectivity index (χ0v) is 17.1. The highest BCUT2D eigenvalue weighted by atomic mass is 16.2. The standard InChI is InChI=1S/C23H31N5O/c29-23(9-11-26-16-24-25-17-26)27-14-19-13-20(15-27)22(12-18-6-2-1-3-7-18)28-10-5-4-8-21(19)28/h1-3,6-7,16-17,19-22H,4-5,8-15H2/t19-,20+,21+,22+/m1/s1. The largest absolute Gasteiger partial charge is 0.342 e. The van der Waals surface area contributed by atoms with E-state index >= 15 is 0 Å². The normalized spacial score (nSPS) is 29.4. The molecule has 6 heteroatoms. The minimum absolute atomic E-state index is 0.288. The second kappa shape index (κ2) is 8.27. The number of rotatable bonds is 5. The Bertz CT molecular complexity index is 808. The van der Waals surface area contributed by atoms with E-state index in [-0.39, 0.29) is 5.91 Å². The fourth-order valence-corrected chi connectivity index (χ4v) is 5.97. The van der Waals surface area contributed by atoms with Crippen LogP contribution in [0.1, 0.15) is 37.7 Å². The van der Waals surface area contributed by atoms with E-state index in [0.717, 1.165) is 19.5 Å². The highest BCUT2D eigenvalue weighted by Crippen LogP contribution is 2.42. The average Bonchev–Trinajstić information content (AvgIpc) is 3.29. The van der Waals surface area contributed by atoms with Crippen molar-refractivity contribution in [1.82, 2.24) is 24.6 Å². The maximum Gasteiger partial charge on any atom is 0.224 e. The second-order valence-electron chi connectivity index (χ2n) is 9.06. The predicted octanol–water partition coefficient (Wildman–Crippen LogP) is 2.61. The van der Waals surface area contributed by atoms with E-state index in [1.165, 1.54) is 37.8 Å². The molecule has 1 aromatic heterocycles. The molecule has 2 bridgehead atoms. The lowest BCUT2D eigenvalue weighted by atomic mass is 9.71. The van der Waals surface area contributed by atoms with Crippen LogP contribution in [0.3, 0.4) is 0 Å². The first-order valence-electron chi connectivity index (χ1n) is 11.2. The van der Waals surface area contributed by atoms with Crippen molar-refractivity contribution in [3.63, 3.8) is 0 Å². The Labute approximate surface area is 172 Å². The Morgan fingerprint density at radius 3 is 2.66 bits per heavy atom.